The third kappa shape index (κ3) is 2.76. The van der Waals surface area contributed by atoms with Crippen LogP contribution in [0.1, 0.15) is 0 Å². The minimum atomic E-state index is -0.403. The summed E-state index contributed by atoms with van der Waals surface area (Å²) in [6.45, 7) is 1.89. The van der Waals surface area contributed by atoms with Crippen LogP contribution in [-0.2, 0) is 0 Å². The largest absolute Gasteiger partial charge is 0.486 e. The second-order valence-electron chi connectivity index (χ2n) is 5.24. The maximum Gasteiger partial charge on any atom is 0.323 e. The zero-order chi connectivity index (χ0) is 16.4. The molecule has 0 atom stereocenters. The lowest BCUT2D eigenvalue weighted by Crippen LogP contribution is -2.23. The van der Waals surface area contributed by atoms with Gasteiger partial charge in [0, 0.05) is 0 Å². The van der Waals surface area contributed by atoms with E-state index in [0.29, 0.717) is 60.8 Å². The lowest BCUT2D eigenvalue weighted by molar-refractivity contribution is 0.172. The molecule has 0 bridgehead atoms. The summed E-state index contributed by atoms with van der Waals surface area (Å²) in [6.07, 6.45) is 0. The molecular weight excluding hydrogens is 312 g/mol. The van der Waals surface area contributed by atoms with Crippen LogP contribution in [-0.4, -0.2) is 32.5 Å². The number of fused-ring (bicyclic) bond motifs is 2. The van der Waals surface area contributed by atoms with E-state index in [1.165, 1.54) is 0 Å². The Bertz CT molecular complexity index is 714. The predicted molar refractivity (Wildman–Crippen MR) is 87.5 cm³/mol. The Morgan fingerprint density at radius 1 is 0.708 bits per heavy atom. The molecule has 2 heterocycles. The second-order valence-corrected chi connectivity index (χ2v) is 5.24. The highest BCUT2D eigenvalue weighted by Gasteiger charge is 2.19. The number of para-hydroxylation sites is 2. The van der Waals surface area contributed by atoms with Gasteiger partial charge in [0.15, 0.2) is 23.0 Å². The Kier molecular flexibility index (Phi) is 3.74. The molecule has 2 amide bonds. The van der Waals surface area contributed by atoms with Gasteiger partial charge in [-0.1, -0.05) is 12.1 Å². The van der Waals surface area contributed by atoms with Crippen molar-refractivity contribution in [2.75, 3.05) is 37.1 Å². The standard InChI is InChI=1S/C17H16N2O5/c20-17(18-11-3-1-5-13-15(11)23-9-7-21-13)19-12-4-2-6-14-16(12)24-10-8-22-14/h1-6H,7-10H2,(H2,18,19,20). The van der Waals surface area contributed by atoms with Gasteiger partial charge in [-0.05, 0) is 24.3 Å². The van der Waals surface area contributed by atoms with Crippen molar-refractivity contribution in [1.29, 1.82) is 0 Å². The molecule has 0 saturated heterocycles. The number of amides is 2. The molecule has 2 aliphatic rings. The van der Waals surface area contributed by atoms with Crippen LogP contribution >= 0.6 is 0 Å². The molecule has 2 N–H and O–H groups in total. The van der Waals surface area contributed by atoms with Gasteiger partial charge in [-0.3, -0.25) is 0 Å². The summed E-state index contributed by atoms with van der Waals surface area (Å²) in [7, 11) is 0. The summed E-state index contributed by atoms with van der Waals surface area (Å²) in [5, 5.41) is 5.55. The lowest BCUT2D eigenvalue weighted by atomic mass is 10.2. The van der Waals surface area contributed by atoms with Crippen LogP contribution in [0.25, 0.3) is 0 Å². The smallest absolute Gasteiger partial charge is 0.323 e. The van der Waals surface area contributed by atoms with Crippen LogP contribution in [0.15, 0.2) is 36.4 Å². The van der Waals surface area contributed by atoms with Gasteiger partial charge in [-0.25, -0.2) is 4.79 Å². The first-order valence-corrected chi connectivity index (χ1v) is 7.66. The Hall–Kier alpha value is -3.09. The predicted octanol–water partition coefficient (Wildman–Crippen LogP) is 2.87. The Morgan fingerprint density at radius 3 is 1.67 bits per heavy atom. The highest BCUT2D eigenvalue weighted by atomic mass is 16.6. The zero-order valence-corrected chi connectivity index (χ0v) is 12.8. The van der Waals surface area contributed by atoms with Crippen molar-refractivity contribution in [3.8, 4) is 23.0 Å². The van der Waals surface area contributed by atoms with Crippen LogP contribution in [0, 0.1) is 0 Å². The fourth-order valence-electron chi connectivity index (χ4n) is 2.62. The van der Waals surface area contributed by atoms with Gasteiger partial charge < -0.3 is 29.6 Å². The number of carbonyl (C=O) groups is 1. The van der Waals surface area contributed by atoms with Crippen molar-refractivity contribution in [1.82, 2.24) is 0 Å². The molecule has 2 aromatic carbocycles. The second kappa shape index (κ2) is 6.19. The summed E-state index contributed by atoms with van der Waals surface area (Å²) < 4.78 is 22.2. The van der Waals surface area contributed by atoms with Gasteiger partial charge >= 0.3 is 6.03 Å². The van der Waals surface area contributed by atoms with Gasteiger partial charge in [0.2, 0.25) is 0 Å². The van der Waals surface area contributed by atoms with Crippen molar-refractivity contribution in [2.24, 2.45) is 0 Å². The SMILES string of the molecule is O=C(Nc1cccc2c1OCCO2)Nc1cccc2c1OCCO2. The topological polar surface area (TPSA) is 78.1 Å². The van der Waals surface area contributed by atoms with E-state index >= 15 is 0 Å². The zero-order valence-electron chi connectivity index (χ0n) is 12.8. The molecule has 124 valence electrons. The average Bonchev–Trinajstić information content (AvgIpc) is 2.62. The van der Waals surface area contributed by atoms with E-state index in [1.807, 2.05) is 0 Å². The van der Waals surface area contributed by atoms with Gasteiger partial charge in [-0.15, -0.1) is 0 Å². The van der Waals surface area contributed by atoms with Crippen molar-refractivity contribution in [3.05, 3.63) is 36.4 Å². The van der Waals surface area contributed by atoms with Crippen LogP contribution in [0.3, 0.4) is 0 Å². The lowest BCUT2D eigenvalue weighted by Gasteiger charge is -2.22. The molecule has 0 spiro atoms. The molecule has 4 rings (SSSR count). The van der Waals surface area contributed by atoms with Crippen LogP contribution in [0.2, 0.25) is 0 Å². The molecule has 0 unspecified atom stereocenters. The fourth-order valence-corrected chi connectivity index (χ4v) is 2.62. The van der Waals surface area contributed by atoms with E-state index in [-0.39, 0.29) is 0 Å². The van der Waals surface area contributed by atoms with E-state index in [4.69, 9.17) is 18.9 Å². The number of benzene rings is 2. The van der Waals surface area contributed by atoms with E-state index in [2.05, 4.69) is 10.6 Å². The van der Waals surface area contributed by atoms with Crippen molar-refractivity contribution in [2.45, 2.75) is 0 Å². The third-order valence-electron chi connectivity index (χ3n) is 3.63. The average molecular weight is 328 g/mol. The molecule has 24 heavy (non-hydrogen) atoms. The quantitative estimate of drug-likeness (QED) is 0.886. The molecule has 2 aliphatic heterocycles. The number of carbonyl (C=O) groups excluding carboxylic acids is 1. The van der Waals surface area contributed by atoms with Gasteiger partial charge in [-0.2, -0.15) is 0 Å². The first-order chi connectivity index (χ1) is 11.8. The van der Waals surface area contributed by atoms with E-state index in [1.54, 1.807) is 36.4 Å². The first kappa shape index (κ1) is 14.5. The summed E-state index contributed by atoms with van der Waals surface area (Å²) in [5.74, 6) is 2.31. The summed E-state index contributed by atoms with van der Waals surface area (Å²) in [5.41, 5.74) is 1.10. The number of hydrogen-bond acceptors (Lipinski definition) is 5. The molecule has 7 heteroatoms. The summed E-state index contributed by atoms with van der Waals surface area (Å²) >= 11 is 0. The monoisotopic (exact) mass is 328 g/mol. The van der Waals surface area contributed by atoms with Gasteiger partial charge in [0.1, 0.15) is 26.4 Å². The number of hydrogen-bond donors (Lipinski definition) is 2. The van der Waals surface area contributed by atoms with Crippen LogP contribution < -0.4 is 29.6 Å². The molecule has 0 aromatic heterocycles. The number of nitrogens with one attached hydrogen (secondary N) is 2. The Morgan fingerprint density at radius 2 is 1.17 bits per heavy atom. The number of urea groups is 1. The highest BCUT2D eigenvalue weighted by molar-refractivity contribution is 6.02. The Balaban J connectivity index is 1.52. The molecule has 2 aromatic rings. The molecule has 0 saturated carbocycles. The molecular formula is C17H16N2O5. The van der Waals surface area contributed by atoms with Crippen molar-refractivity contribution < 1.29 is 23.7 Å². The minimum Gasteiger partial charge on any atom is -0.486 e. The molecule has 0 radical (unpaired) electrons. The number of ether oxygens (including phenoxy) is 4. The molecule has 0 aliphatic carbocycles. The fraction of sp³-hybridized carbons (Fsp3) is 0.235. The maximum absolute atomic E-state index is 12.3. The van der Waals surface area contributed by atoms with E-state index in [0.717, 1.165) is 0 Å². The summed E-state index contributed by atoms with van der Waals surface area (Å²) in [4.78, 5) is 12.3. The third-order valence-corrected chi connectivity index (χ3v) is 3.63. The highest BCUT2D eigenvalue weighted by Crippen LogP contribution is 2.39. The number of rotatable bonds is 2. The molecule has 0 fully saturated rings. The molecule has 7 nitrogen and oxygen atoms in total. The Labute approximate surface area is 138 Å². The van der Waals surface area contributed by atoms with Crippen molar-refractivity contribution in [3.63, 3.8) is 0 Å². The van der Waals surface area contributed by atoms with Crippen LogP contribution in [0.4, 0.5) is 16.2 Å². The normalized spacial score (nSPS) is 14.7. The maximum atomic E-state index is 12.3. The number of anilines is 2. The minimum absolute atomic E-state index is 0.403. The van der Waals surface area contributed by atoms with Crippen LogP contribution in [0.5, 0.6) is 23.0 Å². The van der Waals surface area contributed by atoms with Gasteiger partial charge in [0.05, 0.1) is 11.4 Å². The van der Waals surface area contributed by atoms with Gasteiger partial charge in [0.25, 0.3) is 0 Å². The summed E-state index contributed by atoms with van der Waals surface area (Å²) in [6, 6.07) is 10.3. The van der Waals surface area contributed by atoms with E-state index in [9.17, 15) is 4.79 Å². The van der Waals surface area contributed by atoms with Crippen molar-refractivity contribution >= 4 is 17.4 Å². The first-order valence-electron chi connectivity index (χ1n) is 7.66. The van der Waals surface area contributed by atoms with E-state index < -0.39 is 6.03 Å².